The van der Waals surface area contributed by atoms with Gasteiger partial charge in [-0.25, -0.2) is 4.79 Å². The first-order valence-corrected chi connectivity index (χ1v) is 5.56. The number of hydrogen-bond donors (Lipinski definition) is 2. The van der Waals surface area contributed by atoms with E-state index < -0.39 is 12.1 Å². The Balaban J connectivity index is 2.40. The van der Waals surface area contributed by atoms with Crippen LogP contribution in [0.25, 0.3) is 0 Å². The molecule has 0 saturated carbocycles. The molecule has 1 fully saturated rings. The van der Waals surface area contributed by atoms with E-state index in [2.05, 4.69) is 11.9 Å². The molecule has 6 nitrogen and oxygen atoms in total. The third-order valence-electron chi connectivity index (χ3n) is 2.26. The van der Waals surface area contributed by atoms with E-state index in [1.807, 2.05) is 0 Å². The largest absolute Gasteiger partial charge is 0.481 e. The highest BCUT2D eigenvalue weighted by Crippen LogP contribution is 2.09. The molecule has 7 heteroatoms. The highest BCUT2D eigenvalue weighted by Gasteiger charge is 2.25. The van der Waals surface area contributed by atoms with Crippen LogP contribution in [0.1, 0.15) is 6.42 Å². The summed E-state index contributed by atoms with van der Waals surface area (Å²) < 4.78 is 5.25. The van der Waals surface area contributed by atoms with Gasteiger partial charge >= 0.3 is 12.0 Å². The molecule has 0 aromatic rings. The molecule has 0 aromatic heterocycles. The van der Waals surface area contributed by atoms with Gasteiger partial charge in [0.15, 0.2) is 0 Å². The summed E-state index contributed by atoms with van der Waals surface area (Å²) in [4.78, 5) is 23.7. The molecule has 1 unspecified atom stereocenters. The van der Waals surface area contributed by atoms with Gasteiger partial charge in [-0.2, -0.15) is 0 Å². The number of carbonyl (C=O) groups excluding carboxylic acids is 1. The number of urea groups is 1. The molecule has 96 valence electrons. The quantitative estimate of drug-likeness (QED) is 0.779. The van der Waals surface area contributed by atoms with Gasteiger partial charge in [0, 0.05) is 18.1 Å². The molecule has 2 amide bonds. The zero-order valence-electron chi connectivity index (χ0n) is 9.32. The van der Waals surface area contributed by atoms with Gasteiger partial charge < -0.3 is 20.1 Å². The lowest BCUT2D eigenvalue weighted by Gasteiger charge is -2.32. The van der Waals surface area contributed by atoms with E-state index in [9.17, 15) is 9.59 Å². The number of carboxylic acid groups (broad SMARTS) is 1. The van der Waals surface area contributed by atoms with Gasteiger partial charge in [0.25, 0.3) is 0 Å². The van der Waals surface area contributed by atoms with E-state index in [0.29, 0.717) is 18.2 Å². The van der Waals surface area contributed by atoms with Crippen molar-refractivity contribution < 1.29 is 19.4 Å². The molecular formula is C10H15ClN2O4. The second-order valence-corrected chi connectivity index (χ2v) is 4.25. The first-order chi connectivity index (χ1) is 7.99. The van der Waals surface area contributed by atoms with Crippen LogP contribution in [0.2, 0.25) is 0 Å². The summed E-state index contributed by atoms with van der Waals surface area (Å²) >= 11 is 5.53. The summed E-state index contributed by atoms with van der Waals surface area (Å²) in [6.07, 6.45) is -0.558. The Kier molecular flexibility index (Phi) is 5.24. The Morgan fingerprint density at radius 3 is 2.88 bits per heavy atom. The van der Waals surface area contributed by atoms with Crippen LogP contribution in [0.15, 0.2) is 11.6 Å². The number of ether oxygens (including phenoxy) is 1. The van der Waals surface area contributed by atoms with Crippen LogP contribution in [-0.2, 0) is 9.53 Å². The minimum absolute atomic E-state index is 0.105. The lowest BCUT2D eigenvalue weighted by molar-refractivity contribution is -0.141. The summed E-state index contributed by atoms with van der Waals surface area (Å²) in [5.74, 6) is -0.939. The summed E-state index contributed by atoms with van der Waals surface area (Å²) in [6, 6.07) is -0.287. The number of morpholine rings is 1. The van der Waals surface area contributed by atoms with Crippen molar-refractivity contribution in [2.24, 2.45) is 0 Å². The fourth-order valence-corrected chi connectivity index (χ4v) is 1.57. The third-order valence-corrected chi connectivity index (χ3v) is 2.39. The highest BCUT2D eigenvalue weighted by atomic mass is 35.5. The van der Waals surface area contributed by atoms with E-state index in [1.54, 1.807) is 0 Å². The maximum absolute atomic E-state index is 11.6. The standard InChI is InChI=1S/C10H15ClN2O4/c1-7(11)5-12-10(16)13-2-3-17-8(6-13)4-9(14)15/h8H,1-6H2,(H,12,16)(H,14,15). The van der Waals surface area contributed by atoms with Gasteiger partial charge in [-0.05, 0) is 0 Å². The highest BCUT2D eigenvalue weighted by molar-refractivity contribution is 6.29. The topological polar surface area (TPSA) is 78.9 Å². The van der Waals surface area contributed by atoms with Crippen molar-refractivity contribution in [2.75, 3.05) is 26.2 Å². The van der Waals surface area contributed by atoms with Crippen LogP contribution in [0, 0.1) is 0 Å². The summed E-state index contributed by atoms with van der Waals surface area (Å²) in [6.45, 7) is 4.70. The molecule has 0 radical (unpaired) electrons. The number of nitrogens with one attached hydrogen (secondary N) is 1. The van der Waals surface area contributed by atoms with E-state index in [0.717, 1.165) is 0 Å². The van der Waals surface area contributed by atoms with Crippen LogP contribution >= 0.6 is 11.6 Å². The monoisotopic (exact) mass is 262 g/mol. The van der Waals surface area contributed by atoms with Crippen molar-refractivity contribution in [1.82, 2.24) is 10.2 Å². The van der Waals surface area contributed by atoms with Crippen molar-refractivity contribution >= 4 is 23.6 Å². The van der Waals surface area contributed by atoms with Gasteiger partial charge in [-0.15, -0.1) is 0 Å². The molecule has 1 rings (SSSR count). The van der Waals surface area contributed by atoms with Gasteiger partial charge in [0.1, 0.15) is 0 Å². The minimum Gasteiger partial charge on any atom is -0.481 e. The average molecular weight is 263 g/mol. The maximum atomic E-state index is 11.6. The molecule has 1 aliphatic rings. The molecule has 1 heterocycles. The number of nitrogens with zero attached hydrogens (tertiary/aromatic N) is 1. The predicted octanol–water partition coefficient (Wildman–Crippen LogP) is 0.624. The molecule has 0 aliphatic carbocycles. The molecule has 17 heavy (non-hydrogen) atoms. The Morgan fingerprint density at radius 2 is 2.29 bits per heavy atom. The number of halogens is 1. The summed E-state index contributed by atoms with van der Waals surface area (Å²) in [7, 11) is 0. The Labute approximate surface area is 104 Å². The number of amides is 2. The molecule has 2 N–H and O–H groups in total. The predicted molar refractivity (Wildman–Crippen MR) is 62.0 cm³/mol. The van der Waals surface area contributed by atoms with Crippen LogP contribution in [-0.4, -0.2) is 54.4 Å². The second kappa shape index (κ2) is 6.46. The van der Waals surface area contributed by atoms with Crippen molar-refractivity contribution in [2.45, 2.75) is 12.5 Å². The lowest BCUT2D eigenvalue weighted by atomic mass is 10.2. The first kappa shape index (κ1) is 13.8. The molecule has 0 bridgehead atoms. The zero-order valence-corrected chi connectivity index (χ0v) is 10.1. The normalized spacial score (nSPS) is 19.8. The Hall–Kier alpha value is -1.27. The maximum Gasteiger partial charge on any atom is 0.317 e. The van der Waals surface area contributed by atoms with Crippen LogP contribution in [0.4, 0.5) is 4.79 Å². The van der Waals surface area contributed by atoms with E-state index in [4.69, 9.17) is 21.4 Å². The van der Waals surface area contributed by atoms with Crippen molar-refractivity contribution in [3.63, 3.8) is 0 Å². The van der Waals surface area contributed by atoms with E-state index in [-0.39, 0.29) is 25.5 Å². The van der Waals surface area contributed by atoms with Gasteiger partial charge in [0.05, 0.1) is 25.7 Å². The average Bonchev–Trinajstić information content (AvgIpc) is 2.25. The summed E-state index contributed by atoms with van der Waals surface area (Å²) in [5.41, 5.74) is 0. The third kappa shape index (κ3) is 5.06. The molecule has 1 aliphatic heterocycles. The fraction of sp³-hybridized carbons (Fsp3) is 0.600. The number of hydrogen-bond acceptors (Lipinski definition) is 3. The molecule has 1 atom stereocenters. The van der Waals surface area contributed by atoms with Gasteiger partial charge in [-0.1, -0.05) is 18.2 Å². The van der Waals surface area contributed by atoms with E-state index >= 15 is 0 Å². The Bertz CT molecular complexity index is 321. The smallest absolute Gasteiger partial charge is 0.317 e. The van der Waals surface area contributed by atoms with Gasteiger partial charge in [0.2, 0.25) is 0 Å². The Morgan fingerprint density at radius 1 is 1.59 bits per heavy atom. The fourth-order valence-electron chi connectivity index (χ4n) is 1.51. The van der Waals surface area contributed by atoms with Crippen LogP contribution in [0.5, 0.6) is 0 Å². The minimum atomic E-state index is -0.939. The molecular weight excluding hydrogens is 248 g/mol. The van der Waals surface area contributed by atoms with Crippen molar-refractivity contribution in [1.29, 1.82) is 0 Å². The molecule has 1 saturated heterocycles. The van der Waals surface area contributed by atoms with Crippen LogP contribution in [0.3, 0.4) is 0 Å². The summed E-state index contributed by atoms with van der Waals surface area (Å²) in [5, 5.41) is 11.6. The number of rotatable bonds is 4. The number of carboxylic acids is 1. The first-order valence-electron chi connectivity index (χ1n) is 5.18. The zero-order chi connectivity index (χ0) is 12.8. The SMILES string of the molecule is C=C(Cl)CNC(=O)N1CCOC(CC(=O)O)C1. The van der Waals surface area contributed by atoms with E-state index in [1.165, 1.54) is 4.90 Å². The number of aliphatic carboxylic acids is 1. The molecule has 0 aromatic carbocycles. The van der Waals surface area contributed by atoms with Crippen LogP contribution < -0.4 is 5.32 Å². The van der Waals surface area contributed by atoms with Gasteiger partial charge in [-0.3, -0.25) is 4.79 Å². The lowest BCUT2D eigenvalue weighted by Crippen LogP contribution is -2.50. The number of carbonyl (C=O) groups is 2. The second-order valence-electron chi connectivity index (χ2n) is 3.71. The van der Waals surface area contributed by atoms with Crippen molar-refractivity contribution in [3.8, 4) is 0 Å². The molecule has 0 spiro atoms. The van der Waals surface area contributed by atoms with Crippen molar-refractivity contribution in [3.05, 3.63) is 11.6 Å².